The van der Waals surface area contributed by atoms with Gasteiger partial charge in [-0.15, -0.1) is 0 Å². The van der Waals surface area contributed by atoms with Gasteiger partial charge < -0.3 is 19.6 Å². The van der Waals surface area contributed by atoms with Crippen LogP contribution in [0.15, 0.2) is 24.3 Å². The molecule has 0 amide bonds. The molecule has 108 valence electrons. The van der Waals surface area contributed by atoms with Gasteiger partial charge in [0.1, 0.15) is 17.7 Å². The van der Waals surface area contributed by atoms with Crippen LogP contribution in [0.25, 0.3) is 11.4 Å². The van der Waals surface area contributed by atoms with Gasteiger partial charge in [0.2, 0.25) is 0 Å². The van der Waals surface area contributed by atoms with Crippen LogP contribution in [0.2, 0.25) is 0 Å². The van der Waals surface area contributed by atoms with E-state index in [1.807, 2.05) is 38.1 Å². The van der Waals surface area contributed by atoms with Crippen LogP contribution in [-0.2, 0) is 4.74 Å². The summed E-state index contributed by atoms with van der Waals surface area (Å²) in [4.78, 5) is 7.67. The second kappa shape index (κ2) is 6.07. The highest BCUT2D eigenvalue weighted by Crippen LogP contribution is 2.25. The largest absolute Gasteiger partial charge is 0.497 e. The third kappa shape index (κ3) is 2.84. The van der Waals surface area contributed by atoms with Gasteiger partial charge in [-0.1, -0.05) is 0 Å². The minimum atomic E-state index is -0.747. The van der Waals surface area contributed by atoms with Crippen LogP contribution in [0, 0.1) is 6.92 Å². The number of nitrogens with one attached hydrogen (secondary N) is 1. The van der Waals surface area contributed by atoms with E-state index in [2.05, 4.69) is 9.97 Å². The lowest BCUT2D eigenvalue weighted by molar-refractivity contribution is -0.00369. The number of ether oxygens (including phenoxy) is 2. The van der Waals surface area contributed by atoms with E-state index >= 15 is 0 Å². The Labute approximate surface area is 118 Å². The molecular weight excluding hydrogens is 256 g/mol. The number of hydrogen-bond donors (Lipinski definition) is 2. The molecule has 2 atom stereocenters. The van der Waals surface area contributed by atoms with Gasteiger partial charge in [0.05, 0.1) is 18.9 Å². The molecule has 1 heterocycles. The highest BCUT2D eigenvalue weighted by atomic mass is 16.5. The number of aliphatic hydroxyl groups excluding tert-OH is 1. The maximum atomic E-state index is 10.2. The Morgan fingerprint density at radius 2 is 1.85 bits per heavy atom. The Bertz CT molecular complexity index is 563. The van der Waals surface area contributed by atoms with E-state index in [1.54, 1.807) is 14.2 Å². The Morgan fingerprint density at radius 3 is 2.40 bits per heavy atom. The van der Waals surface area contributed by atoms with E-state index in [9.17, 15) is 5.11 Å². The lowest BCUT2D eigenvalue weighted by atomic mass is 10.1. The van der Waals surface area contributed by atoms with Gasteiger partial charge in [-0.05, 0) is 38.1 Å². The fourth-order valence-corrected chi connectivity index (χ4v) is 2.00. The molecule has 2 unspecified atom stereocenters. The van der Waals surface area contributed by atoms with E-state index in [1.165, 1.54) is 0 Å². The molecule has 1 aromatic heterocycles. The molecule has 2 aromatic rings. The second-order valence-corrected chi connectivity index (χ2v) is 4.71. The molecule has 0 aliphatic rings. The van der Waals surface area contributed by atoms with Crippen molar-refractivity contribution >= 4 is 0 Å². The molecule has 0 aliphatic heterocycles. The van der Waals surface area contributed by atoms with Crippen molar-refractivity contribution in [3.63, 3.8) is 0 Å². The van der Waals surface area contributed by atoms with Crippen molar-refractivity contribution in [2.75, 3.05) is 14.2 Å². The predicted molar refractivity (Wildman–Crippen MR) is 76.7 cm³/mol. The molecule has 0 radical (unpaired) electrons. The third-order valence-corrected chi connectivity index (χ3v) is 3.38. The number of imidazole rings is 1. The van der Waals surface area contributed by atoms with Crippen LogP contribution in [0.4, 0.5) is 0 Å². The summed E-state index contributed by atoms with van der Waals surface area (Å²) in [5, 5.41) is 10.2. The van der Waals surface area contributed by atoms with E-state index in [0.29, 0.717) is 5.69 Å². The molecule has 1 aromatic carbocycles. The number of aromatic nitrogens is 2. The minimum absolute atomic E-state index is 0.305. The predicted octanol–water partition coefficient (Wildman–Crippen LogP) is 2.46. The number of nitrogens with zero attached hydrogens (tertiary/aromatic N) is 1. The summed E-state index contributed by atoms with van der Waals surface area (Å²) in [6.07, 6.45) is -1.05. The number of aliphatic hydroxyl groups is 1. The Kier molecular flexibility index (Phi) is 4.42. The summed E-state index contributed by atoms with van der Waals surface area (Å²) in [5.41, 5.74) is 2.40. The van der Waals surface area contributed by atoms with Crippen molar-refractivity contribution in [1.29, 1.82) is 0 Å². The number of hydrogen-bond acceptors (Lipinski definition) is 4. The standard InChI is InChI=1S/C15H20N2O3/c1-9-13(14(18)10(2)19-3)17-15(16-9)11-5-7-12(20-4)8-6-11/h5-8,10,14,18H,1-4H3,(H,16,17). The van der Waals surface area contributed by atoms with Crippen molar-refractivity contribution in [2.45, 2.75) is 26.1 Å². The first-order valence-corrected chi connectivity index (χ1v) is 6.48. The molecule has 0 saturated heterocycles. The van der Waals surface area contributed by atoms with Gasteiger partial charge in [0, 0.05) is 18.4 Å². The van der Waals surface area contributed by atoms with Crippen LogP contribution in [0.1, 0.15) is 24.4 Å². The van der Waals surface area contributed by atoms with Crippen LogP contribution in [0.5, 0.6) is 5.75 Å². The number of aryl methyl sites for hydroxylation is 1. The monoisotopic (exact) mass is 276 g/mol. The molecule has 0 fully saturated rings. The first-order valence-electron chi connectivity index (χ1n) is 6.48. The minimum Gasteiger partial charge on any atom is -0.497 e. The first kappa shape index (κ1) is 14.6. The lowest BCUT2D eigenvalue weighted by Gasteiger charge is -2.15. The van der Waals surface area contributed by atoms with Crippen molar-refractivity contribution < 1.29 is 14.6 Å². The average molecular weight is 276 g/mol. The number of aromatic amines is 1. The van der Waals surface area contributed by atoms with Crippen molar-refractivity contribution in [3.8, 4) is 17.1 Å². The summed E-state index contributed by atoms with van der Waals surface area (Å²) in [5.74, 6) is 1.52. The molecule has 2 rings (SSSR count). The van der Waals surface area contributed by atoms with Gasteiger partial charge in [-0.25, -0.2) is 4.98 Å². The fourth-order valence-electron chi connectivity index (χ4n) is 2.00. The summed E-state index contributed by atoms with van der Waals surface area (Å²) in [6, 6.07) is 7.60. The zero-order chi connectivity index (χ0) is 14.7. The molecule has 0 spiro atoms. The van der Waals surface area contributed by atoms with Crippen molar-refractivity contribution in [2.24, 2.45) is 0 Å². The quantitative estimate of drug-likeness (QED) is 0.880. The van der Waals surface area contributed by atoms with E-state index in [0.717, 1.165) is 22.8 Å². The number of rotatable bonds is 5. The SMILES string of the molecule is COc1ccc(-c2nc(C(O)C(C)OC)c(C)[nH]2)cc1. The number of H-pyrrole nitrogens is 1. The molecular formula is C15H20N2O3. The van der Waals surface area contributed by atoms with Crippen molar-refractivity contribution in [1.82, 2.24) is 9.97 Å². The highest BCUT2D eigenvalue weighted by molar-refractivity contribution is 5.57. The molecule has 2 N–H and O–H groups in total. The summed E-state index contributed by atoms with van der Waals surface area (Å²) >= 11 is 0. The van der Waals surface area contributed by atoms with E-state index in [4.69, 9.17) is 9.47 Å². The summed E-state index contributed by atoms with van der Waals surface area (Å²) < 4.78 is 10.3. The lowest BCUT2D eigenvalue weighted by Crippen LogP contribution is -2.18. The zero-order valence-corrected chi connectivity index (χ0v) is 12.2. The average Bonchev–Trinajstić information content (AvgIpc) is 2.87. The van der Waals surface area contributed by atoms with Gasteiger partial charge in [-0.2, -0.15) is 0 Å². The smallest absolute Gasteiger partial charge is 0.137 e. The normalized spacial score (nSPS) is 14.1. The second-order valence-electron chi connectivity index (χ2n) is 4.71. The van der Waals surface area contributed by atoms with E-state index < -0.39 is 6.10 Å². The molecule has 0 saturated carbocycles. The topological polar surface area (TPSA) is 67.4 Å². The molecule has 5 heteroatoms. The highest BCUT2D eigenvalue weighted by Gasteiger charge is 2.21. The molecule has 0 bridgehead atoms. The van der Waals surface area contributed by atoms with Gasteiger partial charge in [-0.3, -0.25) is 0 Å². The fraction of sp³-hybridized carbons (Fsp3) is 0.400. The third-order valence-electron chi connectivity index (χ3n) is 3.38. The summed E-state index contributed by atoms with van der Waals surface area (Å²) in [7, 11) is 3.20. The maximum Gasteiger partial charge on any atom is 0.137 e. The van der Waals surface area contributed by atoms with Crippen molar-refractivity contribution in [3.05, 3.63) is 35.7 Å². The van der Waals surface area contributed by atoms with Crippen LogP contribution >= 0.6 is 0 Å². The van der Waals surface area contributed by atoms with Gasteiger partial charge in [0.25, 0.3) is 0 Å². The van der Waals surface area contributed by atoms with Gasteiger partial charge in [0.15, 0.2) is 0 Å². The van der Waals surface area contributed by atoms with Crippen LogP contribution < -0.4 is 4.74 Å². The Morgan fingerprint density at radius 1 is 1.20 bits per heavy atom. The first-order chi connectivity index (χ1) is 9.56. The summed E-state index contributed by atoms with van der Waals surface area (Å²) in [6.45, 7) is 3.70. The van der Waals surface area contributed by atoms with E-state index in [-0.39, 0.29) is 6.10 Å². The molecule has 5 nitrogen and oxygen atoms in total. The van der Waals surface area contributed by atoms with Crippen LogP contribution in [0.3, 0.4) is 0 Å². The number of benzene rings is 1. The zero-order valence-electron chi connectivity index (χ0n) is 12.2. The maximum absolute atomic E-state index is 10.2. The molecule has 0 aliphatic carbocycles. The van der Waals surface area contributed by atoms with Gasteiger partial charge >= 0.3 is 0 Å². The Hall–Kier alpha value is -1.85. The Balaban J connectivity index is 2.30. The number of methoxy groups -OCH3 is 2. The van der Waals surface area contributed by atoms with Crippen LogP contribution in [-0.4, -0.2) is 35.4 Å². The molecule has 20 heavy (non-hydrogen) atoms.